The van der Waals surface area contributed by atoms with E-state index in [0.717, 1.165) is 23.1 Å². The van der Waals surface area contributed by atoms with Crippen molar-refractivity contribution in [3.05, 3.63) is 144 Å². The van der Waals surface area contributed by atoms with Gasteiger partial charge in [-0.05, 0) is 35.3 Å². The van der Waals surface area contributed by atoms with Crippen LogP contribution in [0.5, 0.6) is 0 Å². The predicted molar refractivity (Wildman–Crippen MR) is 237 cm³/mol. The second-order valence-corrected chi connectivity index (χ2v) is 13.3. The molecule has 0 aliphatic carbocycles. The summed E-state index contributed by atoms with van der Waals surface area (Å²) in [7, 11) is -0.0767. The maximum Gasteiger partial charge on any atom is 1.00 e. The standard InChI is InChI=1S/C26H33NO8P.C8H8O2.C8H10O.C2H6.CH3NO.CH2O2.Na/c1-3-10-22(19-35-36(2)31)18-33-25(29)23(15-24(28)32-16-20-11-6-4-7-12-20)27-26(30)34-17-21-13-8-5-9-14-21;9-7-10-6-8-4-2-1-3-5-8;1-9-7-8-5-3-2-4-6-8;1-2;2*2-1-3;/h4-9,11-14,22-23H,3,10,15-19H2,1-2H3,(H,27,30);1-5,7H,6H2;2-6H,7H2,1H3;1-2H3;1H,(H2,2,3);1H,(H,2,3);/q-1;;;;;;+1/t22?,23?,36-;;;;;;/m0....../s1. The van der Waals surface area contributed by atoms with Gasteiger partial charge in [0.15, 0.2) is 0 Å². The van der Waals surface area contributed by atoms with Crippen LogP contribution in [0.15, 0.2) is 121 Å². The molecule has 18 heteroatoms. The van der Waals surface area contributed by atoms with Crippen LogP contribution >= 0.6 is 8.38 Å². The van der Waals surface area contributed by atoms with Gasteiger partial charge in [0.25, 0.3) is 12.9 Å². The summed E-state index contributed by atoms with van der Waals surface area (Å²) in [6.45, 7) is 8.89. The number of hydrogen-bond acceptors (Lipinski definition) is 13. The Morgan fingerprint density at radius 1 is 0.719 bits per heavy atom. The van der Waals surface area contributed by atoms with Crippen LogP contribution in [-0.4, -0.2) is 75.5 Å². The molecular formula is C46H62N2NaO14P. The van der Waals surface area contributed by atoms with E-state index in [2.05, 4.69) is 15.8 Å². The number of primary amides is 1. The summed E-state index contributed by atoms with van der Waals surface area (Å²) in [6, 6.07) is 36.5. The molecule has 0 radical (unpaired) electrons. The minimum absolute atomic E-state index is 0. The van der Waals surface area contributed by atoms with Gasteiger partial charge in [-0.15, -0.1) is 0 Å². The Morgan fingerprint density at radius 3 is 1.52 bits per heavy atom. The Balaban J connectivity index is -0.00000107. The van der Waals surface area contributed by atoms with Crippen LogP contribution in [0.25, 0.3) is 0 Å². The molecule has 64 heavy (non-hydrogen) atoms. The number of carbonyl (C=O) groups excluding carboxylic acids is 5. The largest absolute Gasteiger partial charge is 1.00 e. The van der Waals surface area contributed by atoms with Crippen molar-refractivity contribution in [2.75, 3.05) is 27.0 Å². The van der Waals surface area contributed by atoms with Gasteiger partial charge in [0.1, 0.15) is 25.9 Å². The zero-order valence-electron chi connectivity index (χ0n) is 37.6. The maximum absolute atomic E-state index is 12.8. The van der Waals surface area contributed by atoms with E-state index in [1.165, 1.54) is 12.2 Å². The number of methoxy groups -OCH3 is 1. The Bertz CT molecular complexity index is 1650. The van der Waals surface area contributed by atoms with E-state index in [4.69, 9.17) is 38.2 Å². The molecule has 16 nitrogen and oxygen atoms in total. The van der Waals surface area contributed by atoms with Crippen LogP contribution < -0.4 is 45.5 Å². The monoisotopic (exact) mass is 920 g/mol. The maximum atomic E-state index is 12.8. The fraction of sp³-hybridized carbons (Fsp3) is 0.348. The average molecular weight is 921 g/mol. The first-order valence-corrected chi connectivity index (χ1v) is 21.4. The van der Waals surface area contributed by atoms with Crippen LogP contribution in [0, 0.1) is 5.92 Å². The number of carbonyl (C=O) groups is 6. The van der Waals surface area contributed by atoms with Gasteiger partial charge in [-0.1, -0.05) is 157 Å². The molecule has 0 spiro atoms. The molecule has 0 saturated carbocycles. The number of ether oxygens (including phenoxy) is 5. The minimum atomic E-state index is -1.78. The van der Waals surface area contributed by atoms with E-state index in [0.29, 0.717) is 26.1 Å². The topological polar surface area (TPSA) is 239 Å². The number of nitrogens with two attached hydrogens (primary N) is 1. The van der Waals surface area contributed by atoms with E-state index in [1.54, 1.807) is 31.4 Å². The molecule has 0 bridgehead atoms. The molecule has 0 fully saturated rings. The third-order valence-corrected chi connectivity index (χ3v) is 7.88. The van der Waals surface area contributed by atoms with E-state index in [-0.39, 0.29) is 74.8 Å². The van der Waals surface area contributed by atoms with Gasteiger partial charge >= 0.3 is 47.6 Å². The smallest absolute Gasteiger partial charge is 0.808 e. The van der Waals surface area contributed by atoms with Crippen LogP contribution in [0.1, 0.15) is 62.3 Å². The van der Waals surface area contributed by atoms with Gasteiger partial charge in [-0.3, -0.25) is 19.2 Å². The van der Waals surface area contributed by atoms with E-state index >= 15 is 0 Å². The summed E-state index contributed by atoms with van der Waals surface area (Å²) in [5.41, 5.74) is 7.96. The third kappa shape index (κ3) is 37.4. The minimum Gasteiger partial charge on any atom is -0.808 e. The molecule has 0 aromatic heterocycles. The van der Waals surface area contributed by atoms with E-state index in [1.807, 2.05) is 118 Å². The van der Waals surface area contributed by atoms with Crippen molar-refractivity contribution in [2.45, 2.75) is 72.5 Å². The van der Waals surface area contributed by atoms with Crippen molar-refractivity contribution >= 4 is 45.8 Å². The van der Waals surface area contributed by atoms with Gasteiger partial charge < -0.3 is 49.3 Å². The van der Waals surface area contributed by atoms with Crippen LogP contribution in [0.4, 0.5) is 4.79 Å². The summed E-state index contributed by atoms with van der Waals surface area (Å²) >= 11 is 0. The molecule has 0 heterocycles. The molecule has 346 valence electrons. The Hall–Kier alpha value is -5.19. The average Bonchev–Trinajstić information content (AvgIpc) is 3.30. The quantitative estimate of drug-likeness (QED) is 0.0377. The van der Waals surface area contributed by atoms with Crippen LogP contribution in [0.2, 0.25) is 0 Å². The number of carboxylic acid groups (broad SMARTS) is 1. The fourth-order valence-corrected chi connectivity index (χ4v) is 5.06. The molecule has 3 atom stereocenters. The molecule has 4 N–H and O–H groups in total. The summed E-state index contributed by atoms with van der Waals surface area (Å²) < 4.78 is 30.5. The van der Waals surface area contributed by atoms with Crippen LogP contribution in [-0.2, 0) is 78.6 Å². The summed E-state index contributed by atoms with van der Waals surface area (Å²) in [5, 5.41) is 9.30. The number of esters is 2. The number of amides is 2. The molecule has 0 aliphatic heterocycles. The first kappa shape index (κ1) is 63.1. The van der Waals surface area contributed by atoms with Gasteiger partial charge in [-0.25, -0.2) is 9.59 Å². The molecule has 0 aliphatic rings. The summed E-state index contributed by atoms with van der Waals surface area (Å²) in [4.78, 5) is 75.6. The Morgan fingerprint density at radius 2 is 1.12 bits per heavy atom. The van der Waals surface area contributed by atoms with Crippen LogP contribution in [0.3, 0.4) is 0 Å². The molecule has 4 aromatic rings. The second kappa shape index (κ2) is 45.8. The molecular weight excluding hydrogens is 858 g/mol. The van der Waals surface area contributed by atoms with Crippen molar-refractivity contribution in [1.82, 2.24) is 5.32 Å². The van der Waals surface area contributed by atoms with Gasteiger partial charge in [0, 0.05) is 13.0 Å². The Labute approximate surface area is 400 Å². The third-order valence-electron chi connectivity index (χ3n) is 7.37. The number of nitrogens with one attached hydrogen (secondary N) is 1. The number of rotatable bonds is 20. The van der Waals surface area contributed by atoms with Crippen molar-refractivity contribution in [3.8, 4) is 0 Å². The summed E-state index contributed by atoms with van der Waals surface area (Å²) in [6.07, 6.45) is 0.452. The van der Waals surface area contributed by atoms with Crippen molar-refractivity contribution < 1.29 is 96.5 Å². The first-order chi connectivity index (χ1) is 30.6. The molecule has 2 unspecified atom stereocenters. The normalized spacial score (nSPS) is 10.6. The van der Waals surface area contributed by atoms with Gasteiger partial charge in [0.05, 0.1) is 26.2 Å². The second-order valence-electron chi connectivity index (χ2n) is 12.2. The summed E-state index contributed by atoms with van der Waals surface area (Å²) in [5.74, 6) is -1.65. The van der Waals surface area contributed by atoms with Crippen molar-refractivity contribution in [2.24, 2.45) is 11.7 Å². The van der Waals surface area contributed by atoms with E-state index in [9.17, 15) is 24.1 Å². The molecule has 4 rings (SSSR count). The van der Waals surface area contributed by atoms with Gasteiger partial charge in [-0.2, -0.15) is 0 Å². The fourth-order valence-electron chi connectivity index (χ4n) is 4.64. The van der Waals surface area contributed by atoms with Crippen molar-refractivity contribution in [1.29, 1.82) is 0 Å². The molecule has 4 aromatic carbocycles. The molecule has 2 amide bonds. The van der Waals surface area contributed by atoms with Crippen molar-refractivity contribution in [3.63, 3.8) is 0 Å². The zero-order chi connectivity index (χ0) is 47.4. The molecule has 0 saturated heterocycles. The van der Waals surface area contributed by atoms with Gasteiger partial charge in [0.2, 0.25) is 6.41 Å². The number of alkyl carbamates (subject to hydrolysis) is 1. The zero-order valence-corrected chi connectivity index (χ0v) is 40.5. The SMILES string of the molecule is CC.CCCC(COC(=O)C(CC(=O)OCc1ccccc1)NC(=O)OCc1ccccc1)CO[P@@](C)[O-].COCc1ccccc1.NC=O.O=CO.O=COCc1ccccc1.[Na+]. The number of benzene rings is 4. The Kier molecular flexibility index (Phi) is 45.2. The number of hydrogen-bond donors (Lipinski definition) is 3. The first-order valence-electron chi connectivity index (χ1n) is 19.8. The predicted octanol–water partition coefficient (Wildman–Crippen LogP) is 3.72. The van der Waals surface area contributed by atoms with E-state index < -0.39 is 38.9 Å².